The second kappa shape index (κ2) is 41.9. The number of likely N-dealkylation sites (N-methyl/N-ethyl adjacent to an activating group) is 1. The van der Waals surface area contributed by atoms with Crippen LogP contribution in [-0.2, 0) is 64.3 Å². The summed E-state index contributed by atoms with van der Waals surface area (Å²) < 4.78 is 67.8. The molecule has 12 aliphatic rings. The lowest BCUT2D eigenvalue weighted by Crippen LogP contribution is -2.48. The molecule has 742 valence electrons. The molecule has 36 nitrogen and oxygen atoms in total. The molecule has 24 rings (SSSR count). The van der Waals surface area contributed by atoms with Crippen LogP contribution < -0.4 is 58.1 Å². The van der Waals surface area contributed by atoms with Gasteiger partial charge in [-0.2, -0.15) is 39.9 Å². The summed E-state index contributed by atoms with van der Waals surface area (Å²) in [7, 11) is 10.1. The fraction of sp³-hybridized carbons (Fsp3) is 0.505. The van der Waals surface area contributed by atoms with Crippen molar-refractivity contribution in [2.24, 2.45) is 0 Å². The van der Waals surface area contributed by atoms with Crippen molar-refractivity contribution in [1.82, 2.24) is 59.8 Å². The molecule has 4 aromatic carbocycles. The molecule has 10 unspecified atom stereocenters. The Morgan fingerprint density at radius 2 is 0.674 bits per heavy atom. The standard InChI is InChI=1S/C27H31N5O4.C27H33N5O4.C26H31N5O4.C25H31N5O4/c1-34-24-9-2-16(10-17(24)13-33)23-8-7-22-25(28-23)29-27(31-11-20-5-6-21(12-31)36-20)30-26(22)32-18-3-4-19(32)15-35-14-18;1-16-11-31(12-17(2)36-16)27-29-25-22(26(30-27)32-20-5-6-21(32)15-35-14-20)7-8-23(28-25)18-4-9-24(34-3)19(10-18)13-33;1-16-13-34-10-9-30(16)25-21-6-7-22(17-3-8-23(33-2)18(11-17)12-32)27-24(21)28-26(29-25)31-19-4-5-20(31)15-35-14-19;1-29(10-11-32-2)25-27-23-20(24(28-25)30-18-5-6-19(30)15-34-14-18)7-8-21(26-23)16-4-9-22(33-3)17(12-16)13-31/h2,7-10,18-21,33H,3-6,11-15H2,1H3;4,7-10,16-17,20-21,33H,5-6,11-15H2,1-3H3;3,6-8,11,16,19-20,32H,4-5,9-10,12-15H2,1-2H3;4,7-9,12,18-19,31H,5-6,10-11,13-15H2,1-3H3/t;16-,17+,20?,21?;16-,19?,20?;/m..0./s1. The van der Waals surface area contributed by atoms with E-state index in [2.05, 4.69) is 79.3 Å². The summed E-state index contributed by atoms with van der Waals surface area (Å²) in [5.74, 6) is 9.18. The first-order chi connectivity index (χ1) is 69.0. The molecule has 12 aliphatic heterocycles. The first kappa shape index (κ1) is 95.2. The first-order valence-electron chi connectivity index (χ1n) is 49.7. The summed E-state index contributed by atoms with van der Waals surface area (Å²) in [4.78, 5) is 78.7. The van der Waals surface area contributed by atoms with Gasteiger partial charge in [0, 0.05) is 97.9 Å². The molecule has 10 bridgehead atoms. The van der Waals surface area contributed by atoms with Crippen molar-refractivity contribution < 1.29 is 77.3 Å². The van der Waals surface area contributed by atoms with Gasteiger partial charge in [0.2, 0.25) is 23.8 Å². The fourth-order valence-electron chi connectivity index (χ4n) is 22.6. The number of aromatic nitrogens is 12. The number of rotatable bonds is 23. The first-order valence-corrected chi connectivity index (χ1v) is 49.7. The Balaban J connectivity index is 0.000000111. The third-order valence-corrected chi connectivity index (χ3v) is 29.7. The van der Waals surface area contributed by atoms with Gasteiger partial charge in [-0.05, 0) is 206 Å². The molecule has 36 heteroatoms. The predicted octanol–water partition coefficient (Wildman–Crippen LogP) is 11.5. The number of aliphatic hydroxyl groups excluding tert-OH is 4. The maximum atomic E-state index is 9.80. The number of hydrogen-bond donors (Lipinski definition) is 4. The third-order valence-electron chi connectivity index (χ3n) is 29.7. The van der Waals surface area contributed by atoms with E-state index in [1.54, 1.807) is 35.5 Å². The summed E-state index contributed by atoms with van der Waals surface area (Å²) >= 11 is 0. The Morgan fingerprint density at radius 1 is 0.340 bits per heavy atom. The van der Waals surface area contributed by atoms with Gasteiger partial charge >= 0.3 is 0 Å². The zero-order valence-electron chi connectivity index (χ0n) is 81.6. The number of aliphatic hydroxyl groups is 4. The normalized spacial score (nSPS) is 24.3. The monoisotopic (exact) mass is 1920 g/mol. The second-order valence-electron chi connectivity index (χ2n) is 38.8. The number of pyridine rings is 4. The SMILES string of the molecule is COCCN(C)c1nc(N2C3CCC2COC3)c2ccc(-c3ccc(OC)c(CO)c3)nc2n1.COc1ccc(-c2ccc3c(N4C5CCC4COC5)nc(N4CC5CCC(C4)O5)nc3n2)cc1CO.COc1ccc(-c2ccc3c(N4C5CCC4COC5)nc(N4C[C@@H](C)O[C@@H](C)C4)nc3n2)cc1CO.COc1ccc(-c2ccc3c(N4CCOC[C@@H]4C)nc(N4C5CCC4COC5)nc3n2)cc1CO. The van der Waals surface area contributed by atoms with Gasteiger partial charge in [0.1, 0.15) is 46.3 Å². The average Bonchev–Trinajstić information content (AvgIpc) is 1.74. The summed E-state index contributed by atoms with van der Waals surface area (Å²) in [6, 6.07) is 42.1. The highest BCUT2D eigenvalue weighted by molar-refractivity contribution is 5.94. The maximum Gasteiger partial charge on any atom is 0.230 e. The molecule has 0 spiro atoms. The van der Waals surface area contributed by atoms with Crippen LogP contribution in [-0.4, -0.2) is 314 Å². The van der Waals surface area contributed by atoms with Crippen LogP contribution in [0.25, 0.3) is 89.2 Å². The zero-order chi connectivity index (χ0) is 96.6. The van der Waals surface area contributed by atoms with Crippen LogP contribution >= 0.6 is 0 Å². The molecule has 12 aromatic rings. The lowest BCUT2D eigenvalue weighted by Gasteiger charge is -2.38. The number of methoxy groups -OCH3 is 5. The predicted molar refractivity (Wildman–Crippen MR) is 537 cm³/mol. The fourth-order valence-corrected chi connectivity index (χ4v) is 22.6. The number of ether oxygens (including phenoxy) is 12. The molecule has 0 radical (unpaired) electrons. The highest BCUT2D eigenvalue weighted by Crippen LogP contribution is 2.46. The number of anilines is 8. The molecule has 141 heavy (non-hydrogen) atoms. The zero-order valence-corrected chi connectivity index (χ0v) is 81.6. The van der Waals surface area contributed by atoms with Gasteiger partial charge in [-0.15, -0.1) is 0 Å². The molecule has 12 saturated heterocycles. The molecule has 0 saturated carbocycles. The van der Waals surface area contributed by atoms with Crippen LogP contribution in [0.3, 0.4) is 0 Å². The highest BCUT2D eigenvalue weighted by Gasteiger charge is 2.46. The highest BCUT2D eigenvalue weighted by atomic mass is 16.5. The van der Waals surface area contributed by atoms with E-state index in [0.29, 0.717) is 145 Å². The van der Waals surface area contributed by atoms with Gasteiger partial charge in [-0.3, -0.25) is 0 Å². The molecule has 12 fully saturated rings. The summed E-state index contributed by atoms with van der Waals surface area (Å²) in [5.41, 5.74) is 12.4. The number of hydrogen-bond acceptors (Lipinski definition) is 36. The molecule has 0 amide bonds. The largest absolute Gasteiger partial charge is 0.496 e. The Labute approximate surface area is 819 Å². The van der Waals surface area contributed by atoms with E-state index < -0.39 is 0 Å². The summed E-state index contributed by atoms with van der Waals surface area (Å²) in [5, 5.41) is 42.9. The Kier molecular flexibility index (Phi) is 28.3. The quantitative estimate of drug-likeness (QED) is 0.0462. The van der Waals surface area contributed by atoms with Crippen LogP contribution in [0.4, 0.5) is 47.1 Å². The maximum absolute atomic E-state index is 9.80. The van der Waals surface area contributed by atoms with Gasteiger partial charge in [0.05, 0.1) is 251 Å². The van der Waals surface area contributed by atoms with Crippen molar-refractivity contribution >= 4 is 91.2 Å². The minimum atomic E-state index is -0.106. The van der Waals surface area contributed by atoms with Crippen molar-refractivity contribution in [2.45, 2.75) is 190 Å². The summed E-state index contributed by atoms with van der Waals surface area (Å²) in [6.07, 6.45) is 11.8. The number of morpholine rings is 7. The lowest BCUT2D eigenvalue weighted by molar-refractivity contribution is -0.00571. The topological polar surface area (TPSA) is 372 Å². The Hall–Kier alpha value is -12.0. The van der Waals surface area contributed by atoms with Crippen molar-refractivity contribution in [3.8, 4) is 68.0 Å². The Morgan fingerprint density at radius 3 is 1.03 bits per heavy atom. The van der Waals surface area contributed by atoms with Crippen LogP contribution in [0, 0.1) is 0 Å². The van der Waals surface area contributed by atoms with Gasteiger partial charge in [-0.25, -0.2) is 19.9 Å². The molecule has 4 N–H and O–H groups in total. The molecule has 0 aliphatic carbocycles. The molecule has 13 atom stereocenters. The molecule has 8 aromatic heterocycles. The minimum Gasteiger partial charge on any atom is -0.496 e. The van der Waals surface area contributed by atoms with Crippen LogP contribution in [0.5, 0.6) is 23.0 Å². The van der Waals surface area contributed by atoms with Gasteiger partial charge in [0.15, 0.2) is 22.6 Å². The van der Waals surface area contributed by atoms with Crippen molar-refractivity contribution in [3.05, 3.63) is 144 Å². The summed E-state index contributed by atoms with van der Waals surface area (Å²) in [6.45, 7) is 18.2. The van der Waals surface area contributed by atoms with Crippen LogP contribution in [0.15, 0.2) is 121 Å². The molecular formula is C105H126N20O16. The van der Waals surface area contributed by atoms with Crippen molar-refractivity contribution in [1.29, 1.82) is 0 Å². The average molecular weight is 1920 g/mol. The van der Waals surface area contributed by atoms with E-state index in [-0.39, 0.29) is 56.9 Å². The number of fused-ring (bicyclic) bond motifs is 14. The van der Waals surface area contributed by atoms with E-state index in [9.17, 15) is 20.4 Å². The van der Waals surface area contributed by atoms with Crippen LogP contribution in [0.2, 0.25) is 0 Å². The van der Waals surface area contributed by atoms with Gasteiger partial charge in [-0.1, -0.05) is 0 Å². The lowest BCUT2D eigenvalue weighted by atomic mass is 10.1. The van der Waals surface area contributed by atoms with Gasteiger partial charge in [0.25, 0.3) is 0 Å². The number of nitrogens with zero attached hydrogens (tertiary/aromatic N) is 20. The van der Waals surface area contributed by atoms with Gasteiger partial charge < -0.3 is 116 Å². The van der Waals surface area contributed by atoms with E-state index in [0.717, 1.165) is 261 Å². The minimum absolute atomic E-state index is 0.0970. The van der Waals surface area contributed by atoms with Crippen molar-refractivity contribution in [3.63, 3.8) is 0 Å². The second-order valence-corrected chi connectivity index (χ2v) is 38.8. The Bertz CT molecular complexity index is 6260. The van der Waals surface area contributed by atoms with Crippen molar-refractivity contribution in [2.75, 3.05) is 194 Å². The van der Waals surface area contributed by atoms with E-state index in [4.69, 9.17) is 117 Å². The third kappa shape index (κ3) is 19.3. The molecule has 20 heterocycles. The number of benzene rings is 4. The smallest absolute Gasteiger partial charge is 0.230 e. The van der Waals surface area contributed by atoms with E-state index >= 15 is 0 Å². The van der Waals surface area contributed by atoms with Crippen LogP contribution in [0.1, 0.15) is 107 Å². The van der Waals surface area contributed by atoms with E-state index in [1.165, 1.54) is 0 Å². The van der Waals surface area contributed by atoms with E-state index in [1.807, 2.05) is 109 Å². The molecular weight excluding hydrogens is 1800 g/mol.